The predicted molar refractivity (Wildman–Crippen MR) is 81.1 cm³/mol. The molecular weight excluding hydrogens is 499 g/mol. The Kier molecular flexibility index (Phi) is 72.5. The molecule has 0 aromatic carbocycles. The summed E-state index contributed by atoms with van der Waals surface area (Å²) < 4.78 is 112. The van der Waals surface area contributed by atoms with E-state index in [2.05, 4.69) is 0 Å². The van der Waals surface area contributed by atoms with E-state index >= 15 is 0 Å². The second-order valence-corrected chi connectivity index (χ2v) is 4.55. The molecule has 0 amide bonds. The van der Waals surface area contributed by atoms with E-state index in [0.717, 1.165) is 0 Å². The minimum absolute atomic E-state index is 0. The van der Waals surface area contributed by atoms with Crippen LogP contribution in [0.1, 0.15) is 0 Å². The molecule has 0 radical (unpaired) electrons. The summed E-state index contributed by atoms with van der Waals surface area (Å²) in [5.74, 6) is 0. The Morgan fingerprint density at radius 1 is 0.360 bits per heavy atom. The van der Waals surface area contributed by atoms with Gasteiger partial charge in [-0.1, -0.05) is 0 Å². The van der Waals surface area contributed by atoms with Crippen LogP contribution in [0, 0.1) is 0 Å². The summed E-state index contributed by atoms with van der Waals surface area (Å²) in [5.41, 5.74) is 0. The number of rotatable bonds is 0. The average Bonchev–Trinajstić information content (AvgIpc) is 2.08. The van der Waals surface area contributed by atoms with Gasteiger partial charge in [-0.15, -0.1) is 0 Å². The topological polar surface area (TPSA) is 224 Å². The molecule has 0 spiro atoms. The van der Waals surface area contributed by atoms with E-state index in [0.29, 0.717) is 0 Å². The van der Waals surface area contributed by atoms with Gasteiger partial charge in [0.2, 0.25) is 0 Å². The van der Waals surface area contributed by atoms with Crippen LogP contribution in [0.15, 0.2) is 0 Å². The van der Waals surface area contributed by atoms with Crippen LogP contribution in [0.2, 0.25) is 0 Å². The van der Waals surface area contributed by atoms with Crippen molar-refractivity contribution in [1.29, 1.82) is 0 Å². The summed E-state index contributed by atoms with van der Waals surface area (Å²) in [5, 5.41) is 0. The number of hydrogen-bond acceptors (Lipinski definition) is 6. The van der Waals surface area contributed by atoms with Crippen LogP contribution in [0.4, 0.5) is 25.2 Å². The van der Waals surface area contributed by atoms with Crippen molar-refractivity contribution in [3.05, 3.63) is 0 Å². The molecule has 0 bridgehead atoms. The first-order valence-corrected chi connectivity index (χ1v) is 11.1. The van der Waals surface area contributed by atoms with Crippen molar-refractivity contribution >= 4 is 68.9 Å². The summed E-state index contributed by atoms with van der Waals surface area (Å²) in [6.07, 6.45) is 0. The van der Waals surface area contributed by atoms with Crippen molar-refractivity contribution < 1.29 is 81.9 Å². The van der Waals surface area contributed by atoms with Gasteiger partial charge < -0.3 is 29.4 Å². The Labute approximate surface area is 151 Å². The van der Waals surface area contributed by atoms with Crippen molar-refractivity contribution in [2.75, 3.05) is 0 Å². The molecule has 158 valence electrons. The van der Waals surface area contributed by atoms with Crippen LogP contribution >= 0.6 is 50.0 Å². The second-order valence-electron chi connectivity index (χ2n) is 1.52. The Bertz CT molecular complexity index is 273. The molecule has 25 heteroatoms. The van der Waals surface area contributed by atoms with Crippen molar-refractivity contribution in [3.63, 3.8) is 0 Å². The van der Waals surface area contributed by atoms with Crippen LogP contribution in [0.5, 0.6) is 0 Å². The van der Waals surface area contributed by atoms with Gasteiger partial charge in [-0.3, -0.25) is 27.4 Å². The van der Waals surface area contributed by atoms with Crippen LogP contribution in [-0.2, 0) is 27.4 Å². The van der Waals surface area contributed by atoms with Gasteiger partial charge in [0.05, 0.1) is 0 Å². The first-order chi connectivity index (χ1) is 10.4. The zero-order chi connectivity index (χ0) is 21.5. The molecule has 0 saturated heterocycles. The van der Waals surface area contributed by atoms with Gasteiger partial charge in [-0.25, -0.2) is 0 Å². The normalized spacial score (nSPS) is 14.9. The molecule has 0 aliphatic rings. The Hall–Kier alpha value is 1.32. The summed E-state index contributed by atoms with van der Waals surface area (Å²) in [4.78, 5) is 41.6. The summed E-state index contributed by atoms with van der Waals surface area (Å²) in [6.45, 7) is 0. The molecule has 0 rings (SSSR count). The molecule has 0 aliphatic heterocycles. The molecule has 6 atom stereocenters. The van der Waals surface area contributed by atoms with Crippen molar-refractivity contribution in [1.82, 2.24) is 0 Å². The molecule has 0 aliphatic carbocycles. The Balaban J connectivity index is -0.0000000309. The van der Waals surface area contributed by atoms with E-state index in [1.165, 1.54) is 0 Å². The molecule has 12 nitrogen and oxygen atoms in total. The standard InChI is InChI=1S/6FH2O2P.Li.H/c6*1-4(2)3;;/h6*4H,(H,2,3);;. The fourth-order valence-electron chi connectivity index (χ4n) is 0. The molecule has 0 heterocycles. The quantitative estimate of drug-likeness (QED) is 0.154. The maximum atomic E-state index is 10.1. The summed E-state index contributed by atoms with van der Waals surface area (Å²) >= 11 is 0. The van der Waals surface area contributed by atoms with E-state index in [4.69, 9.17) is 56.8 Å². The van der Waals surface area contributed by atoms with E-state index in [1.807, 2.05) is 0 Å². The van der Waals surface area contributed by atoms with E-state index in [-0.39, 0.29) is 18.9 Å². The Morgan fingerprint density at radius 3 is 0.360 bits per heavy atom. The third-order valence-electron chi connectivity index (χ3n) is 0. The SMILES string of the molecule is O=[PH](O)F.O=[PH](O)F.O=[PH](O)F.O=[PH](O)F.O=[PH](O)F.O=[PH](O)F.[LiH]. The predicted octanol–water partition coefficient (Wildman–Crippen LogP) is 1.38. The average molecular weight is 512 g/mol. The summed E-state index contributed by atoms with van der Waals surface area (Å²) in [6, 6.07) is 0. The van der Waals surface area contributed by atoms with Gasteiger partial charge in [-0.2, -0.15) is 25.2 Å². The molecule has 0 aromatic rings. The molecule has 0 aromatic heterocycles. The van der Waals surface area contributed by atoms with Crippen molar-refractivity contribution in [2.45, 2.75) is 0 Å². The first kappa shape index (κ1) is 45.2. The molecule has 25 heavy (non-hydrogen) atoms. The Morgan fingerprint density at radius 2 is 0.360 bits per heavy atom. The van der Waals surface area contributed by atoms with Crippen molar-refractivity contribution in [3.8, 4) is 0 Å². The first-order valence-electron chi connectivity index (χ1n) is 3.70. The fraction of sp³-hybridized carbons (Fsp3) is 0. The zero-order valence-electron chi connectivity index (χ0n) is 10.4. The molecule has 0 saturated carbocycles. The van der Waals surface area contributed by atoms with Crippen molar-refractivity contribution in [2.24, 2.45) is 0 Å². The monoisotopic (exact) mass is 512 g/mol. The molecule has 6 N–H and O–H groups in total. The minimum atomic E-state index is -3.63. The van der Waals surface area contributed by atoms with Crippen LogP contribution in [-0.4, -0.2) is 48.2 Å². The van der Waals surface area contributed by atoms with Gasteiger partial charge in [0.1, 0.15) is 0 Å². The molecule has 6 unspecified atom stereocenters. The molecular formula is H13F6LiO12P6. The van der Waals surface area contributed by atoms with Crippen LogP contribution in [0.25, 0.3) is 0 Å². The fourth-order valence-corrected chi connectivity index (χ4v) is 0. The second kappa shape index (κ2) is 40.1. The maximum absolute atomic E-state index is 10.1. The van der Waals surface area contributed by atoms with Gasteiger partial charge in [-0.05, 0) is 0 Å². The number of halogens is 6. The van der Waals surface area contributed by atoms with E-state index in [9.17, 15) is 25.2 Å². The van der Waals surface area contributed by atoms with Gasteiger partial charge in [0, 0.05) is 0 Å². The summed E-state index contributed by atoms with van der Waals surface area (Å²) in [7, 11) is -21.8. The van der Waals surface area contributed by atoms with Gasteiger partial charge >= 0.3 is 68.9 Å². The molecule has 0 fully saturated rings. The van der Waals surface area contributed by atoms with Crippen LogP contribution in [0.3, 0.4) is 0 Å². The van der Waals surface area contributed by atoms with Crippen LogP contribution < -0.4 is 0 Å². The van der Waals surface area contributed by atoms with Gasteiger partial charge in [0.25, 0.3) is 0 Å². The van der Waals surface area contributed by atoms with Gasteiger partial charge in [0.15, 0.2) is 0 Å². The zero-order valence-corrected chi connectivity index (χ0v) is 16.4. The third kappa shape index (κ3) is 7930. The van der Waals surface area contributed by atoms with E-state index in [1.54, 1.807) is 0 Å². The third-order valence-corrected chi connectivity index (χ3v) is 0. The van der Waals surface area contributed by atoms with E-state index < -0.39 is 50.0 Å². The number of hydrogen-bond donors (Lipinski definition) is 6.